The van der Waals surface area contributed by atoms with Gasteiger partial charge in [0.25, 0.3) is 5.56 Å². The molecule has 7 nitrogen and oxygen atoms in total. The van der Waals surface area contributed by atoms with Crippen LogP contribution in [-0.2, 0) is 12.8 Å². The van der Waals surface area contributed by atoms with Crippen molar-refractivity contribution in [2.75, 3.05) is 0 Å². The zero-order valence-corrected chi connectivity index (χ0v) is 18.4. The van der Waals surface area contributed by atoms with E-state index in [9.17, 15) is 14.7 Å². The first-order chi connectivity index (χ1) is 15.4. The molecule has 1 aliphatic rings. The smallest absolute Gasteiger partial charge is 0.345 e. The molecule has 0 radical (unpaired) electrons. The predicted molar refractivity (Wildman–Crippen MR) is 124 cm³/mol. The fourth-order valence-corrected chi connectivity index (χ4v) is 4.67. The Morgan fingerprint density at radius 1 is 1.03 bits per heavy atom. The van der Waals surface area contributed by atoms with E-state index in [0.717, 1.165) is 34.5 Å². The fourth-order valence-electron chi connectivity index (χ4n) is 3.84. The maximum atomic E-state index is 13.0. The lowest BCUT2D eigenvalue weighted by molar-refractivity contribution is 0.0702. The van der Waals surface area contributed by atoms with Gasteiger partial charge < -0.3 is 5.11 Å². The molecule has 4 aromatic rings. The lowest BCUT2D eigenvalue weighted by Crippen LogP contribution is -2.16. The predicted octanol–water partition coefficient (Wildman–Crippen LogP) is 5.72. The molecule has 0 saturated carbocycles. The number of H-pyrrole nitrogens is 1. The first-order valence-corrected chi connectivity index (χ1v) is 11.0. The molecule has 5 rings (SSSR count). The Morgan fingerprint density at radius 3 is 2.53 bits per heavy atom. The number of aromatic amines is 1. The lowest BCUT2D eigenvalue weighted by Gasteiger charge is -2.19. The molecule has 2 heterocycles. The molecule has 0 saturated heterocycles. The van der Waals surface area contributed by atoms with E-state index >= 15 is 0 Å². The largest absolute Gasteiger partial charge is 0.477 e. The van der Waals surface area contributed by atoms with E-state index in [-0.39, 0.29) is 16.1 Å². The van der Waals surface area contributed by atoms with Crippen molar-refractivity contribution in [3.8, 4) is 16.1 Å². The Balaban J connectivity index is 1.47. The molecular formula is C24H20N4O3S. The van der Waals surface area contributed by atoms with E-state index in [0.29, 0.717) is 11.4 Å². The van der Waals surface area contributed by atoms with E-state index < -0.39 is 5.97 Å². The van der Waals surface area contributed by atoms with Gasteiger partial charge in [0.2, 0.25) is 0 Å². The van der Waals surface area contributed by atoms with Crippen molar-refractivity contribution in [1.82, 2.24) is 9.78 Å². The van der Waals surface area contributed by atoms with Crippen LogP contribution in [0.4, 0.5) is 11.4 Å². The highest BCUT2D eigenvalue weighted by Crippen LogP contribution is 2.32. The van der Waals surface area contributed by atoms with Gasteiger partial charge >= 0.3 is 5.97 Å². The molecule has 32 heavy (non-hydrogen) atoms. The van der Waals surface area contributed by atoms with E-state index in [1.54, 1.807) is 19.1 Å². The number of nitrogens with zero attached hydrogens (tertiary/aromatic N) is 3. The third-order valence-electron chi connectivity index (χ3n) is 5.58. The number of fused-ring (bicyclic) bond motifs is 1. The summed E-state index contributed by atoms with van der Waals surface area (Å²) < 4.78 is 1.50. The molecule has 2 aromatic heterocycles. The Hall–Kier alpha value is -3.78. The van der Waals surface area contributed by atoms with Gasteiger partial charge in [-0.25, -0.2) is 9.48 Å². The highest BCUT2D eigenvalue weighted by molar-refractivity contribution is 7.17. The van der Waals surface area contributed by atoms with E-state index in [4.69, 9.17) is 0 Å². The minimum absolute atomic E-state index is 0.247. The maximum Gasteiger partial charge on any atom is 0.345 e. The van der Waals surface area contributed by atoms with Crippen LogP contribution in [0.1, 0.15) is 32.1 Å². The average molecular weight is 445 g/mol. The summed E-state index contributed by atoms with van der Waals surface area (Å²) in [7, 11) is 0. The molecule has 2 N–H and O–H groups in total. The van der Waals surface area contributed by atoms with Gasteiger partial charge in [0.1, 0.15) is 4.88 Å². The summed E-state index contributed by atoms with van der Waals surface area (Å²) in [4.78, 5) is 25.3. The van der Waals surface area contributed by atoms with Crippen LogP contribution in [0.15, 0.2) is 63.6 Å². The summed E-state index contributed by atoms with van der Waals surface area (Å²) in [5.41, 5.74) is 6.48. The number of carbonyl (C=O) groups is 1. The molecular weight excluding hydrogens is 424 g/mol. The molecule has 0 bridgehead atoms. The zero-order valence-electron chi connectivity index (χ0n) is 17.5. The molecule has 160 valence electrons. The number of carboxylic acid groups (broad SMARTS) is 1. The quantitative estimate of drug-likeness (QED) is 0.385. The average Bonchev–Trinajstić information content (AvgIpc) is 3.33. The Bertz CT molecular complexity index is 1460. The van der Waals surface area contributed by atoms with Crippen LogP contribution in [0.3, 0.4) is 0 Å². The molecule has 0 fully saturated rings. The molecule has 8 heteroatoms. The van der Waals surface area contributed by atoms with Crippen molar-refractivity contribution in [1.29, 1.82) is 0 Å². The first-order valence-electron chi connectivity index (χ1n) is 10.2. The second-order valence-corrected chi connectivity index (χ2v) is 8.99. The Kier molecular flexibility index (Phi) is 4.86. The van der Waals surface area contributed by atoms with Crippen molar-refractivity contribution in [3.63, 3.8) is 0 Å². The standard InChI is InChI=1S/C24H20N4O3S/c1-13-9-17(20-7-8-21(32-20)24(30)31)11-18(10-13)25-26-22-14(2)27-28(23(22)29)19-6-5-15-3-4-16(15)12-19/h5-12,27H,3-4H2,1-2H3,(H,30,31). The number of thiophene rings is 1. The number of azo groups is 1. The minimum atomic E-state index is -0.944. The monoisotopic (exact) mass is 444 g/mol. The first kappa shape index (κ1) is 20.1. The summed E-state index contributed by atoms with van der Waals surface area (Å²) in [5.74, 6) is -0.944. The van der Waals surface area contributed by atoms with Crippen molar-refractivity contribution >= 4 is 28.7 Å². The van der Waals surface area contributed by atoms with Gasteiger partial charge in [0, 0.05) is 4.88 Å². The molecule has 2 aromatic carbocycles. The van der Waals surface area contributed by atoms with Crippen LogP contribution < -0.4 is 5.56 Å². The number of carboxylic acids is 1. The second kappa shape index (κ2) is 7.72. The zero-order chi connectivity index (χ0) is 22.4. The summed E-state index contributed by atoms with van der Waals surface area (Å²) >= 11 is 1.21. The minimum Gasteiger partial charge on any atom is -0.477 e. The van der Waals surface area contributed by atoms with E-state index in [2.05, 4.69) is 21.4 Å². The fraction of sp³-hybridized carbons (Fsp3) is 0.167. The third kappa shape index (κ3) is 3.58. The van der Waals surface area contributed by atoms with Gasteiger partial charge in [-0.3, -0.25) is 9.89 Å². The molecule has 0 aliphatic heterocycles. The van der Waals surface area contributed by atoms with Crippen LogP contribution in [0, 0.1) is 13.8 Å². The topological polar surface area (TPSA) is 99.8 Å². The molecule has 0 spiro atoms. The highest BCUT2D eigenvalue weighted by Gasteiger charge is 2.17. The Labute approximate surface area is 187 Å². The number of nitrogens with one attached hydrogen (secondary N) is 1. The van der Waals surface area contributed by atoms with Crippen molar-refractivity contribution in [2.45, 2.75) is 26.7 Å². The number of aromatic nitrogens is 2. The van der Waals surface area contributed by atoms with Crippen molar-refractivity contribution < 1.29 is 9.90 Å². The maximum absolute atomic E-state index is 13.0. The second-order valence-electron chi connectivity index (χ2n) is 7.91. The molecule has 0 atom stereocenters. The van der Waals surface area contributed by atoms with Crippen LogP contribution in [0.2, 0.25) is 0 Å². The van der Waals surface area contributed by atoms with Crippen LogP contribution in [-0.4, -0.2) is 20.9 Å². The summed E-state index contributed by atoms with van der Waals surface area (Å²) in [6, 6.07) is 15.1. The molecule has 0 amide bonds. The SMILES string of the molecule is Cc1cc(N=Nc2c(C)[nH]n(-c3ccc4c(c3)CC4)c2=O)cc(-c2ccc(C(=O)O)s2)c1. The normalized spacial score (nSPS) is 12.7. The van der Waals surface area contributed by atoms with E-state index in [1.807, 2.05) is 37.3 Å². The van der Waals surface area contributed by atoms with Crippen molar-refractivity contribution in [3.05, 3.63) is 86.1 Å². The summed E-state index contributed by atoms with van der Waals surface area (Å²) in [6.45, 7) is 3.74. The number of aromatic carboxylic acids is 1. The van der Waals surface area contributed by atoms with Gasteiger partial charge in [0.15, 0.2) is 5.69 Å². The summed E-state index contributed by atoms with van der Waals surface area (Å²) in [6.07, 6.45) is 2.13. The Morgan fingerprint density at radius 2 is 1.84 bits per heavy atom. The van der Waals surface area contributed by atoms with Crippen LogP contribution in [0.25, 0.3) is 16.1 Å². The molecule has 1 aliphatic carbocycles. The van der Waals surface area contributed by atoms with Gasteiger partial charge in [0.05, 0.1) is 17.1 Å². The third-order valence-corrected chi connectivity index (χ3v) is 6.70. The van der Waals surface area contributed by atoms with Gasteiger partial charge in [-0.15, -0.1) is 16.5 Å². The van der Waals surface area contributed by atoms with Crippen molar-refractivity contribution in [2.24, 2.45) is 10.2 Å². The van der Waals surface area contributed by atoms with Gasteiger partial charge in [-0.2, -0.15) is 5.11 Å². The summed E-state index contributed by atoms with van der Waals surface area (Å²) in [5, 5.41) is 20.8. The molecule has 0 unspecified atom stereocenters. The van der Waals surface area contributed by atoms with E-state index in [1.165, 1.54) is 27.1 Å². The number of hydrogen-bond acceptors (Lipinski definition) is 5. The number of hydrogen-bond donors (Lipinski definition) is 2. The van der Waals surface area contributed by atoms with Gasteiger partial charge in [-0.05, 0) is 85.3 Å². The van der Waals surface area contributed by atoms with Crippen LogP contribution >= 0.6 is 11.3 Å². The number of rotatable bonds is 5. The number of aryl methyl sites for hydroxylation is 4. The lowest BCUT2D eigenvalue weighted by atomic mass is 9.88. The van der Waals surface area contributed by atoms with Gasteiger partial charge in [-0.1, -0.05) is 12.1 Å². The van der Waals surface area contributed by atoms with Crippen LogP contribution in [0.5, 0.6) is 0 Å². The number of benzene rings is 2. The highest BCUT2D eigenvalue weighted by atomic mass is 32.1.